The molecular weight excluding hydrogens is 385 g/mol. The highest BCUT2D eigenvalue weighted by atomic mass is 32.2. The second-order valence-corrected chi connectivity index (χ2v) is 9.43. The predicted molar refractivity (Wildman–Crippen MR) is 105 cm³/mol. The summed E-state index contributed by atoms with van der Waals surface area (Å²) in [5.41, 5.74) is 2.26. The zero-order valence-electron chi connectivity index (χ0n) is 14.6. The van der Waals surface area contributed by atoms with Gasteiger partial charge in [0.2, 0.25) is 10.0 Å². The Morgan fingerprint density at radius 1 is 1.22 bits per heavy atom. The first-order valence-corrected chi connectivity index (χ1v) is 11.4. The Labute approximate surface area is 161 Å². The van der Waals surface area contributed by atoms with Crippen LogP contribution in [0.1, 0.15) is 30.0 Å². The first-order valence-electron chi connectivity index (χ1n) is 8.84. The van der Waals surface area contributed by atoms with Crippen LogP contribution in [-0.2, 0) is 22.3 Å². The fourth-order valence-corrected chi connectivity index (χ4v) is 4.87. The average molecular weight is 406 g/mol. The molecule has 0 spiro atoms. The normalized spacial score (nSPS) is 14.6. The quantitative estimate of drug-likeness (QED) is 0.621. The van der Waals surface area contributed by atoms with E-state index in [0.29, 0.717) is 12.5 Å². The predicted octanol–water partition coefficient (Wildman–Crippen LogP) is 3.75. The molecule has 0 radical (unpaired) electrons. The van der Waals surface area contributed by atoms with Crippen LogP contribution in [0, 0.1) is 5.82 Å². The Bertz CT molecular complexity index is 1030. The number of rotatable bonds is 8. The molecule has 1 N–H and O–H groups in total. The number of hydrogen-bond donors (Lipinski definition) is 1. The molecule has 1 fully saturated rings. The summed E-state index contributed by atoms with van der Waals surface area (Å²) in [6.45, 7) is 0.676. The third kappa shape index (κ3) is 4.45. The molecule has 2 heterocycles. The van der Waals surface area contributed by atoms with Crippen LogP contribution in [0.4, 0.5) is 4.39 Å². The molecule has 4 rings (SSSR count). The highest BCUT2D eigenvalue weighted by Crippen LogP contribution is 2.41. The zero-order valence-corrected chi connectivity index (χ0v) is 16.3. The Morgan fingerprint density at radius 3 is 2.74 bits per heavy atom. The maximum atomic E-state index is 13.7. The fourth-order valence-electron chi connectivity index (χ4n) is 3.04. The first kappa shape index (κ1) is 18.3. The number of aromatic nitrogens is 2. The number of nitrogens with zero attached hydrogens (tertiary/aromatic N) is 2. The summed E-state index contributed by atoms with van der Waals surface area (Å²) in [6, 6.07) is 12.1. The van der Waals surface area contributed by atoms with Crippen LogP contribution >= 0.6 is 11.3 Å². The SMILES string of the molecule is O=S(=O)(Cc1ccccc1F)NCCn1nc(-c2cccs2)cc1C1CC1. The lowest BCUT2D eigenvalue weighted by atomic mass is 10.2. The molecule has 2 aromatic heterocycles. The summed E-state index contributed by atoms with van der Waals surface area (Å²) in [7, 11) is -3.61. The summed E-state index contributed by atoms with van der Waals surface area (Å²) in [4.78, 5) is 1.11. The van der Waals surface area contributed by atoms with Crippen molar-refractivity contribution in [3.05, 3.63) is 64.9 Å². The Balaban J connectivity index is 1.42. The van der Waals surface area contributed by atoms with Crippen molar-refractivity contribution in [2.24, 2.45) is 0 Å². The molecule has 1 aromatic carbocycles. The van der Waals surface area contributed by atoms with Crippen molar-refractivity contribution >= 4 is 21.4 Å². The van der Waals surface area contributed by atoms with Gasteiger partial charge in [0, 0.05) is 23.7 Å². The van der Waals surface area contributed by atoms with Gasteiger partial charge < -0.3 is 0 Å². The Kier molecular flexibility index (Phi) is 5.12. The lowest BCUT2D eigenvalue weighted by Crippen LogP contribution is -2.29. The van der Waals surface area contributed by atoms with Crippen LogP contribution in [0.3, 0.4) is 0 Å². The smallest absolute Gasteiger partial charge is 0.215 e. The molecule has 142 valence electrons. The van der Waals surface area contributed by atoms with Gasteiger partial charge in [0.05, 0.1) is 17.2 Å². The second kappa shape index (κ2) is 7.53. The van der Waals surface area contributed by atoms with Gasteiger partial charge in [0.1, 0.15) is 11.5 Å². The van der Waals surface area contributed by atoms with E-state index in [1.165, 1.54) is 12.1 Å². The van der Waals surface area contributed by atoms with Gasteiger partial charge in [-0.05, 0) is 36.4 Å². The van der Waals surface area contributed by atoms with E-state index in [0.717, 1.165) is 29.1 Å². The number of benzene rings is 1. The van der Waals surface area contributed by atoms with Gasteiger partial charge in [-0.3, -0.25) is 4.68 Å². The molecule has 1 aliphatic rings. The molecule has 5 nitrogen and oxygen atoms in total. The van der Waals surface area contributed by atoms with Gasteiger partial charge in [-0.15, -0.1) is 11.3 Å². The molecule has 3 aromatic rings. The molecule has 0 amide bonds. The molecule has 0 atom stereocenters. The summed E-state index contributed by atoms with van der Waals surface area (Å²) < 4.78 is 42.7. The highest BCUT2D eigenvalue weighted by Gasteiger charge is 2.28. The molecule has 27 heavy (non-hydrogen) atoms. The molecular formula is C19H20FN3O2S2. The van der Waals surface area contributed by atoms with Crippen LogP contribution in [-0.4, -0.2) is 24.7 Å². The molecule has 0 aliphatic heterocycles. The zero-order chi connectivity index (χ0) is 18.9. The van der Waals surface area contributed by atoms with E-state index in [9.17, 15) is 12.8 Å². The Hall–Kier alpha value is -2.03. The minimum absolute atomic E-state index is 0.169. The van der Waals surface area contributed by atoms with Gasteiger partial charge in [-0.2, -0.15) is 5.10 Å². The van der Waals surface area contributed by atoms with Gasteiger partial charge in [-0.1, -0.05) is 24.3 Å². The van der Waals surface area contributed by atoms with E-state index in [2.05, 4.69) is 15.9 Å². The minimum atomic E-state index is -3.61. The number of halogens is 1. The van der Waals surface area contributed by atoms with Crippen LogP contribution < -0.4 is 4.72 Å². The standard InChI is InChI=1S/C19H20FN3O2S2/c20-16-5-2-1-4-15(16)13-27(24,25)21-9-10-23-18(14-7-8-14)12-17(22-23)19-6-3-11-26-19/h1-6,11-12,14,21H,7-10,13H2. The van der Waals surface area contributed by atoms with Gasteiger partial charge >= 0.3 is 0 Å². The summed E-state index contributed by atoms with van der Waals surface area (Å²) in [5.74, 6) is -0.359. The summed E-state index contributed by atoms with van der Waals surface area (Å²) in [6.07, 6.45) is 2.29. The fraction of sp³-hybridized carbons (Fsp3) is 0.316. The lowest BCUT2D eigenvalue weighted by molar-refractivity contribution is 0.549. The molecule has 0 unspecified atom stereocenters. The first-order chi connectivity index (χ1) is 13.0. The minimum Gasteiger partial charge on any atom is -0.267 e. The van der Waals surface area contributed by atoms with Crippen molar-refractivity contribution in [3.63, 3.8) is 0 Å². The van der Waals surface area contributed by atoms with Crippen molar-refractivity contribution in [3.8, 4) is 10.6 Å². The van der Waals surface area contributed by atoms with E-state index < -0.39 is 15.8 Å². The van der Waals surface area contributed by atoms with E-state index in [1.54, 1.807) is 23.5 Å². The summed E-state index contributed by atoms with van der Waals surface area (Å²) >= 11 is 1.64. The van der Waals surface area contributed by atoms with Crippen molar-refractivity contribution in [2.75, 3.05) is 6.54 Å². The Morgan fingerprint density at radius 2 is 2.04 bits per heavy atom. The summed E-state index contributed by atoms with van der Waals surface area (Å²) in [5, 5.41) is 6.68. The van der Waals surface area contributed by atoms with Crippen LogP contribution in [0.15, 0.2) is 47.8 Å². The van der Waals surface area contributed by atoms with E-state index >= 15 is 0 Å². The van der Waals surface area contributed by atoms with E-state index in [1.807, 2.05) is 22.2 Å². The molecule has 8 heteroatoms. The third-order valence-corrected chi connectivity index (χ3v) is 6.76. The number of nitrogens with one attached hydrogen (secondary N) is 1. The van der Waals surface area contributed by atoms with Gasteiger partial charge in [0.25, 0.3) is 0 Å². The third-order valence-electron chi connectivity index (χ3n) is 4.53. The lowest BCUT2D eigenvalue weighted by Gasteiger charge is -2.09. The number of thiophene rings is 1. The number of sulfonamides is 1. The highest BCUT2D eigenvalue weighted by molar-refractivity contribution is 7.88. The topological polar surface area (TPSA) is 64.0 Å². The monoisotopic (exact) mass is 405 g/mol. The molecule has 1 saturated carbocycles. The van der Waals surface area contributed by atoms with Crippen molar-refractivity contribution in [2.45, 2.75) is 31.1 Å². The second-order valence-electron chi connectivity index (χ2n) is 6.67. The van der Waals surface area contributed by atoms with Crippen LogP contribution in [0.5, 0.6) is 0 Å². The molecule has 0 saturated heterocycles. The maximum absolute atomic E-state index is 13.7. The van der Waals surface area contributed by atoms with Crippen LogP contribution in [0.2, 0.25) is 0 Å². The van der Waals surface area contributed by atoms with E-state index in [-0.39, 0.29) is 17.9 Å². The van der Waals surface area contributed by atoms with Crippen LogP contribution in [0.25, 0.3) is 10.6 Å². The largest absolute Gasteiger partial charge is 0.267 e. The van der Waals surface area contributed by atoms with Crippen molar-refractivity contribution in [1.82, 2.24) is 14.5 Å². The molecule has 1 aliphatic carbocycles. The van der Waals surface area contributed by atoms with Crippen molar-refractivity contribution < 1.29 is 12.8 Å². The average Bonchev–Trinajstić information content (AvgIpc) is 3.16. The van der Waals surface area contributed by atoms with Gasteiger partial charge in [-0.25, -0.2) is 17.5 Å². The molecule has 0 bridgehead atoms. The number of hydrogen-bond acceptors (Lipinski definition) is 4. The van der Waals surface area contributed by atoms with E-state index in [4.69, 9.17) is 0 Å². The van der Waals surface area contributed by atoms with Gasteiger partial charge in [0.15, 0.2) is 0 Å². The van der Waals surface area contributed by atoms with Crippen molar-refractivity contribution in [1.29, 1.82) is 0 Å². The maximum Gasteiger partial charge on any atom is 0.215 e.